The topological polar surface area (TPSA) is 314 Å². The van der Waals surface area contributed by atoms with E-state index >= 15 is 0 Å². The molecular formula is Cr2La2O11V2. The fourth-order valence-corrected chi connectivity index (χ4v) is 0. The van der Waals surface area contributed by atoms with E-state index in [0.29, 0.717) is 0 Å². The van der Waals surface area contributed by atoms with Crippen LogP contribution >= 0.6 is 0 Å². The molecule has 17 heteroatoms. The molecule has 94 valence electrons. The summed E-state index contributed by atoms with van der Waals surface area (Å²) in [6.07, 6.45) is 0. The van der Waals surface area contributed by atoms with Crippen molar-refractivity contribution in [2.75, 3.05) is 0 Å². The van der Waals surface area contributed by atoms with Crippen LogP contribution in [0.25, 0.3) is 0 Å². The van der Waals surface area contributed by atoms with Crippen molar-refractivity contribution in [3.8, 4) is 0 Å². The maximum absolute atomic E-state index is 0. The molecule has 0 N–H and O–H groups in total. The van der Waals surface area contributed by atoms with Crippen LogP contribution in [0.4, 0.5) is 0 Å². The molecule has 0 heterocycles. The normalized spacial score (nSPS) is 0. The summed E-state index contributed by atoms with van der Waals surface area (Å²) >= 11 is 0. The summed E-state index contributed by atoms with van der Waals surface area (Å²) in [6.45, 7) is 0. The molecule has 0 saturated heterocycles. The van der Waals surface area contributed by atoms with E-state index in [-0.39, 0.29) is 203 Å². The Hall–Kier alpha value is 4.18. The van der Waals surface area contributed by atoms with Gasteiger partial charge in [-0.25, -0.2) is 0 Å². The molecule has 0 unspecified atom stereocenters. The van der Waals surface area contributed by atoms with Crippen LogP contribution in [0.15, 0.2) is 0 Å². The van der Waals surface area contributed by atoms with Gasteiger partial charge in [0.05, 0.1) is 0 Å². The van der Waals surface area contributed by atoms with E-state index < -0.39 is 0 Å². The maximum Gasteiger partial charge on any atom is 5.00 e. The van der Waals surface area contributed by atoms with Gasteiger partial charge in [-0.1, -0.05) is 0 Å². The third kappa shape index (κ3) is 381. The Labute approximate surface area is 200 Å². The van der Waals surface area contributed by atoms with Gasteiger partial charge in [-0.2, -0.15) is 0 Å². The fourth-order valence-electron chi connectivity index (χ4n) is 0. The Morgan fingerprint density at radius 3 is 0.235 bits per heavy atom. The van der Waals surface area contributed by atoms with Crippen molar-refractivity contribution >= 4 is 0 Å². The van der Waals surface area contributed by atoms with E-state index in [1.165, 1.54) is 0 Å². The van der Waals surface area contributed by atoms with Crippen LogP contribution in [-0.4, -0.2) is 0 Å². The zero-order chi connectivity index (χ0) is 0. The summed E-state index contributed by atoms with van der Waals surface area (Å²) in [5, 5.41) is 0. The second-order valence-corrected chi connectivity index (χ2v) is 0. The Balaban J connectivity index is 0. The molecule has 0 atom stereocenters. The molecule has 0 rings (SSSR count). The molecule has 0 bridgehead atoms. The van der Waals surface area contributed by atoms with Gasteiger partial charge in [-0.3, -0.25) is 0 Å². The molecule has 0 aromatic rings. The van der Waals surface area contributed by atoms with Gasteiger partial charge in [-0.05, 0) is 0 Å². The second-order valence-electron chi connectivity index (χ2n) is 0. The molecule has 11 nitrogen and oxygen atoms in total. The van der Waals surface area contributed by atoms with Gasteiger partial charge in [0.25, 0.3) is 0 Å². The summed E-state index contributed by atoms with van der Waals surface area (Å²) in [4.78, 5) is 0. The molecule has 0 saturated carbocycles. The van der Waals surface area contributed by atoms with Crippen molar-refractivity contribution in [2.45, 2.75) is 0 Å². The summed E-state index contributed by atoms with van der Waals surface area (Å²) < 4.78 is 0. The molecular weight excluding hydrogens is 660 g/mol. The monoisotopic (exact) mass is 660 g/mol. The Kier molecular flexibility index (Phi) is 12300. The molecule has 0 aromatic carbocycles. The Bertz CT molecular complexity index is 25.4. The first-order valence-electron chi connectivity index (χ1n) is 0. The van der Waals surface area contributed by atoms with Crippen LogP contribution in [0.3, 0.4) is 0 Å². The van der Waals surface area contributed by atoms with Crippen LogP contribution in [0, 0.1) is 71.2 Å². The molecule has 0 spiro atoms. The van der Waals surface area contributed by atoms with E-state index in [4.69, 9.17) is 0 Å². The van der Waals surface area contributed by atoms with Gasteiger partial charge in [0.2, 0.25) is 0 Å². The smallest absolute Gasteiger partial charge is 2.00 e. The Morgan fingerprint density at radius 2 is 0.235 bits per heavy atom. The molecule has 0 amide bonds. The SMILES string of the molecule is [Cr+3].[Cr+3].[La+3].[La+3].[O-2].[O-2].[O-2].[O-2].[O-2].[O-2].[O-2].[O-2].[O-2].[O-2].[O-2].[V+5].[V+5]. The minimum atomic E-state index is 0. The molecule has 0 aliphatic carbocycles. The molecule has 2 radical (unpaired) electrons. The molecule has 0 fully saturated rings. The minimum absolute atomic E-state index is 0. The standard InChI is InChI=1S/2Cr.2La.11O.2V/q4*+3;11*-2;2*+5. The maximum atomic E-state index is 0. The Morgan fingerprint density at radius 1 is 0.235 bits per heavy atom. The molecule has 0 aliphatic heterocycles. The van der Waals surface area contributed by atoms with E-state index in [0.717, 1.165) is 0 Å². The summed E-state index contributed by atoms with van der Waals surface area (Å²) in [5.41, 5.74) is 0. The van der Waals surface area contributed by atoms with Crippen molar-refractivity contribution in [3.05, 3.63) is 0 Å². The first-order valence-corrected chi connectivity index (χ1v) is 0. The van der Waals surface area contributed by atoms with E-state index in [1.807, 2.05) is 0 Å². The van der Waals surface area contributed by atoms with Gasteiger partial charge in [0.1, 0.15) is 0 Å². The largest absolute Gasteiger partial charge is 5.00 e. The van der Waals surface area contributed by atoms with Gasteiger partial charge < -0.3 is 60.2 Å². The van der Waals surface area contributed by atoms with Crippen LogP contribution in [0.2, 0.25) is 0 Å². The first kappa shape index (κ1) is 493. The summed E-state index contributed by atoms with van der Waals surface area (Å²) in [5.74, 6) is 0. The van der Waals surface area contributed by atoms with Crippen LogP contribution in [0.5, 0.6) is 0 Å². The number of hydrogen-bond acceptors (Lipinski definition) is 0. The van der Waals surface area contributed by atoms with Crippen molar-refractivity contribution in [2.24, 2.45) is 0 Å². The van der Waals surface area contributed by atoms with Crippen LogP contribution < -0.4 is 0 Å². The third-order valence-corrected chi connectivity index (χ3v) is 0. The number of rotatable bonds is 0. The fraction of sp³-hybridized carbons (Fsp3) is 0. The van der Waals surface area contributed by atoms with Crippen molar-refractivity contribution < 1.29 is 203 Å². The van der Waals surface area contributed by atoms with E-state index in [1.54, 1.807) is 0 Å². The molecule has 0 aliphatic rings. The zero-order valence-electron chi connectivity index (χ0n) is 7.36. The quantitative estimate of drug-likeness (QED) is 0.292. The van der Waals surface area contributed by atoms with Gasteiger partial charge in [0, 0.05) is 0 Å². The summed E-state index contributed by atoms with van der Waals surface area (Å²) in [7, 11) is 0. The summed E-state index contributed by atoms with van der Waals surface area (Å²) in [6, 6.07) is 0. The van der Waals surface area contributed by atoms with E-state index in [9.17, 15) is 0 Å². The average molecular weight is 660 g/mol. The van der Waals surface area contributed by atoms with Crippen molar-refractivity contribution in [1.82, 2.24) is 0 Å². The second kappa shape index (κ2) is 424. The van der Waals surface area contributed by atoms with Crippen molar-refractivity contribution in [3.63, 3.8) is 0 Å². The minimum Gasteiger partial charge on any atom is -2.00 e. The average Bonchev–Trinajstić information content (AvgIpc) is 0. The van der Waals surface area contributed by atoms with Crippen LogP contribution in [-0.2, 0) is 132 Å². The van der Waals surface area contributed by atoms with Gasteiger partial charge >= 0.3 is 143 Å². The predicted octanol–water partition coefficient (Wildman–Crippen LogP) is -1.32. The number of hydrogen-bond donors (Lipinski definition) is 0. The van der Waals surface area contributed by atoms with Gasteiger partial charge in [-0.15, -0.1) is 0 Å². The van der Waals surface area contributed by atoms with E-state index in [2.05, 4.69) is 0 Å². The first-order chi connectivity index (χ1) is 0. The zero-order valence-corrected chi connectivity index (χ0v) is 20.0. The van der Waals surface area contributed by atoms with Crippen molar-refractivity contribution in [1.29, 1.82) is 0 Å². The molecule has 0 aromatic heterocycles. The molecule has 17 heavy (non-hydrogen) atoms. The van der Waals surface area contributed by atoms with Gasteiger partial charge in [0.15, 0.2) is 0 Å². The third-order valence-electron chi connectivity index (χ3n) is 0. The predicted molar refractivity (Wildman–Crippen MR) is 7.55 cm³/mol. The van der Waals surface area contributed by atoms with Crippen LogP contribution in [0.1, 0.15) is 0 Å².